The Bertz CT molecular complexity index is 918. The van der Waals surface area contributed by atoms with Crippen molar-refractivity contribution in [2.75, 3.05) is 13.2 Å². The molecule has 128 valence electrons. The number of nitrogens with one attached hydrogen (secondary N) is 1. The van der Waals surface area contributed by atoms with E-state index in [9.17, 15) is 4.79 Å². The highest BCUT2D eigenvalue weighted by Gasteiger charge is 2.20. The average molecular weight is 338 g/mol. The molecule has 0 amide bonds. The van der Waals surface area contributed by atoms with Gasteiger partial charge in [-0.2, -0.15) is 0 Å². The molecule has 0 aliphatic carbocycles. The Hall–Kier alpha value is -2.86. The molecule has 2 aromatic carbocycles. The van der Waals surface area contributed by atoms with E-state index in [2.05, 4.69) is 9.97 Å². The van der Waals surface area contributed by atoms with Crippen molar-refractivity contribution in [3.8, 4) is 11.5 Å². The van der Waals surface area contributed by atoms with Crippen molar-refractivity contribution in [3.05, 3.63) is 64.7 Å². The van der Waals surface area contributed by atoms with Crippen LogP contribution in [0, 0.1) is 0 Å². The largest absolute Gasteiger partial charge is 0.485 e. The highest BCUT2D eigenvalue weighted by molar-refractivity contribution is 5.81. The van der Waals surface area contributed by atoms with Crippen LogP contribution in [0.4, 0.5) is 0 Å². The van der Waals surface area contributed by atoms with E-state index in [0.717, 1.165) is 12.0 Å². The van der Waals surface area contributed by atoms with E-state index < -0.39 is 0 Å². The maximum atomic E-state index is 12.0. The van der Waals surface area contributed by atoms with Crippen LogP contribution < -0.4 is 15.0 Å². The van der Waals surface area contributed by atoms with Crippen LogP contribution in [0.1, 0.15) is 12.0 Å². The number of nitrogens with zero attached hydrogens (tertiary/aromatic N) is 1. The number of fused-ring (bicyclic) bond motifs is 1. The lowest BCUT2D eigenvalue weighted by molar-refractivity contribution is 0.137. The van der Waals surface area contributed by atoms with E-state index in [4.69, 9.17) is 14.2 Å². The summed E-state index contributed by atoms with van der Waals surface area (Å²) < 4.78 is 17.4. The van der Waals surface area contributed by atoms with Crippen molar-refractivity contribution in [3.63, 3.8) is 0 Å². The molecule has 0 spiro atoms. The number of rotatable bonds is 5. The zero-order valence-electron chi connectivity index (χ0n) is 13.6. The maximum absolute atomic E-state index is 12.0. The normalized spacial score (nSPS) is 16.9. The number of aromatic nitrogens is 2. The molecule has 6 nitrogen and oxygen atoms in total. The summed E-state index contributed by atoms with van der Waals surface area (Å²) in [7, 11) is 0. The van der Waals surface area contributed by atoms with Gasteiger partial charge in [0.25, 0.3) is 5.56 Å². The number of benzene rings is 2. The molecule has 6 heteroatoms. The lowest BCUT2D eigenvalue weighted by Gasteiger charge is -2.17. The third-order valence-electron chi connectivity index (χ3n) is 4.12. The quantitative estimate of drug-likeness (QED) is 0.774. The molecule has 2 heterocycles. The molecule has 25 heavy (non-hydrogen) atoms. The summed E-state index contributed by atoms with van der Waals surface area (Å²) in [6.07, 6.45) is 2.17. The summed E-state index contributed by atoms with van der Waals surface area (Å²) in [6.45, 7) is 1.63. The molecular weight excluding hydrogens is 320 g/mol. The number of hydrogen-bond donors (Lipinski definition) is 1. The molecule has 1 aliphatic heterocycles. The van der Waals surface area contributed by atoms with Crippen molar-refractivity contribution < 1.29 is 14.2 Å². The Labute approximate surface area is 144 Å². The van der Waals surface area contributed by atoms with Gasteiger partial charge in [0.1, 0.15) is 12.7 Å². The highest BCUT2D eigenvalue weighted by atomic mass is 16.6. The topological polar surface area (TPSA) is 73.4 Å². The first-order chi connectivity index (χ1) is 12.3. The van der Waals surface area contributed by atoms with Gasteiger partial charge >= 0.3 is 0 Å². The Balaban J connectivity index is 1.67. The standard InChI is InChI=1S/C19H18N2O4/c22-19-15-8-18(25-14-6-7-23-11-14)17(9-16(15)20-12-21-19)24-10-13-4-2-1-3-5-13/h1-5,8-9,12,14H,6-7,10-11H2,(H,20,21,22)/t14-/m0/s1. The molecule has 1 N–H and O–H groups in total. The molecule has 0 unspecified atom stereocenters. The zero-order valence-corrected chi connectivity index (χ0v) is 13.6. The van der Waals surface area contributed by atoms with Gasteiger partial charge in [0.15, 0.2) is 11.5 Å². The number of aromatic amines is 1. The minimum Gasteiger partial charge on any atom is -0.485 e. The second-order valence-electron chi connectivity index (χ2n) is 5.93. The van der Waals surface area contributed by atoms with Gasteiger partial charge in [0.2, 0.25) is 0 Å². The monoisotopic (exact) mass is 338 g/mol. The third kappa shape index (κ3) is 3.49. The van der Waals surface area contributed by atoms with Gasteiger partial charge in [-0.25, -0.2) is 4.98 Å². The first kappa shape index (κ1) is 15.7. The molecule has 1 aliphatic rings. The number of hydrogen-bond acceptors (Lipinski definition) is 5. The SMILES string of the molecule is O=c1[nH]cnc2cc(OCc3ccccc3)c(O[C@H]3CCOC3)cc12. The molecule has 3 aromatic rings. The lowest BCUT2D eigenvalue weighted by atomic mass is 10.2. The fraction of sp³-hybridized carbons (Fsp3) is 0.263. The number of ether oxygens (including phenoxy) is 3. The van der Waals surface area contributed by atoms with Crippen LogP contribution in [0.3, 0.4) is 0 Å². The molecule has 0 saturated carbocycles. The predicted octanol–water partition coefficient (Wildman–Crippen LogP) is 2.67. The molecule has 1 saturated heterocycles. The molecule has 0 bridgehead atoms. The van der Waals surface area contributed by atoms with E-state index in [1.807, 2.05) is 30.3 Å². The molecule has 1 atom stereocenters. The van der Waals surface area contributed by atoms with Crippen molar-refractivity contribution in [2.24, 2.45) is 0 Å². The summed E-state index contributed by atoms with van der Waals surface area (Å²) in [6, 6.07) is 13.3. The fourth-order valence-corrected chi connectivity index (χ4v) is 2.80. The van der Waals surface area contributed by atoms with Gasteiger partial charge in [0.05, 0.1) is 30.4 Å². The summed E-state index contributed by atoms with van der Waals surface area (Å²) in [5, 5.41) is 0.475. The highest BCUT2D eigenvalue weighted by Crippen LogP contribution is 2.33. The maximum Gasteiger partial charge on any atom is 0.258 e. The number of H-pyrrole nitrogens is 1. The summed E-state index contributed by atoms with van der Waals surface area (Å²) in [5.74, 6) is 1.11. The van der Waals surface area contributed by atoms with Gasteiger partial charge in [-0.1, -0.05) is 30.3 Å². The Morgan fingerprint density at radius 2 is 2.08 bits per heavy atom. The molecule has 1 aromatic heterocycles. The van der Waals surface area contributed by atoms with E-state index in [-0.39, 0.29) is 11.7 Å². The minimum absolute atomic E-state index is 0.0349. The van der Waals surface area contributed by atoms with Gasteiger partial charge in [0, 0.05) is 12.5 Å². The van der Waals surface area contributed by atoms with Crippen molar-refractivity contribution in [1.82, 2.24) is 9.97 Å². The first-order valence-electron chi connectivity index (χ1n) is 8.22. The van der Waals surface area contributed by atoms with E-state index in [0.29, 0.717) is 42.2 Å². The van der Waals surface area contributed by atoms with Crippen LogP contribution in [0.5, 0.6) is 11.5 Å². The summed E-state index contributed by atoms with van der Waals surface area (Å²) in [5.41, 5.74) is 1.42. The lowest BCUT2D eigenvalue weighted by Crippen LogP contribution is -2.17. The minimum atomic E-state index is -0.202. The van der Waals surface area contributed by atoms with Gasteiger partial charge < -0.3 is 19.2 Å². The second-order valence-corrected chi connectivity index (χ2v) is 5.93. The Morgan fingerprint density at radius 3 is 2.88 bits per heavy atom. The average Bonchev–Trinajstić information content (AvgIpc) is 3.15. The van der Waals surface area contributed by atoms with Crippen LogP contribution in [0.15, 0.2) is 53.6 Å². The van der Waals surface area contributed by atoms with E-state index in [1.165, 1.54) is 6.33 Å². The van der Waals surface area contributed by atoms with Crippen LogP contribution in [0.2, 0.25) is 0 Å². The first-order valence-corrected chi connectivity index (χ1v) is 8.22. The van der Waals surface area contributed by atoms with Crippen molar-refractivity contribution >= 4 is 10.9 Å². The fourth-order valence-electron chi connectivity index (χ4n) is 2.80. The smallest absolute Gasteiger partial charge is 0.258 e. The van der Waals surface area contributed by atoms with Crippen LogP contribution >= 0.6 is 0 Å². The molecular formula is C19H18N2O4. The van der Waals surface area contributed by atoms with E-state index >= 15 is 0 Å². The third-order valence-corrected chi connectivity index (χ3v) is 4.12. The van der Waals surface area contributed by atoms with Crippen molar-refractivity contribution in [2.45, 2.75) is 19.1 Å². The van der Waals surface area contributed by atoms with Gasteiger partial charge in [-0.3, -0.25) is 4.79 Å². The van der Waals surface area contributed by atoms with Gasteiger partial charge in [-0.15, -0.1) is 0 Å². The Morgan fingerprint density at radius 1 is 1.20 bits per heavy atom. The molecule has 4 rings (SSSR count). The van der Waals surface area contributed by atoms with Crippen LogP contribution in [0.25, 0.3) is 10.9 Å². The van der Waals surface area contributed by atoms with Crippen LogP contribution in [-0.2, 0) is 11.3 Å². The second kappa shape index (κ2) is 6.94. The predicted molar refractivity (Wildman–Crippen MR) is 93.0 cm³/mol. The van der Waals surface area contributed by atoms with E-state index in [1.54, 1.807) is 12.1 Å². The molecule has 1 fully saturated rings. The van der Waals surface area contributed by atoms with Crippen molar-refractivity contribution in [1.29, 1.82) is 0 Å². The van der Waals surface area contributed by atoms with Gasteiger partial charge in [-0.05, 0) is 11.6 Å². The van der Waals surface area contributed by atoms with Crippen LogP contribution in [-0.4, -0.2) is 29.3 Å². The zero-order chi connectivity index (χ0) is 17.1. The molecule has 0 radical (unpaired) electrons. The summed E-state index contributed by atoms with van der Waals surface area (Å²) >= 11 is 0. The summed E-state index contributed by atoms with van der Waals surface area (Å²) in [4.78, 5) is 18.8. The Kier molecular flexibility index (Phi) is 4.35.